The van der Waals surface area contributed by atoms with Gasteiger partial charge in [0.2, 0.25) is 0 Å². The minimum Gasteiger partial charge on any atom is -0.311 e. The maximum absolute atomic E-state index is 5.55. The Morgan fingerprint density at radius 2 is 0.865 bits per heavy atom. The first-order valence-electron chi connectivity index (χ1n) is 27.9. The molecule has 74 heavy (non-hydrogen) atoms. The molecule has 8 aromatic rings. The van der Waals surface area contributed by atoms with E-state index in [2.05, 4.69) is 232 Å². The number of hydrogen-bond acceptors (Lipinski definition) is 4. The smallest absolute Gasteiger partial charge is 0.252 e. The van der Waals surface area contributed by atoms with Gasteiger partial charge in [-0.25, -0.2) is 4.98 Å². The lowest BCUT2D eigenvalue weighted by Gasteiger charge is -2.57. The van der Waals surface area contributed by atoms with Crippen molar-refractivity contribution in [2.45, 2.75) is 149 Å². The Labute approximate surface area is 446 Å². The van der Waals surface area contributed by atoms with Gasteiger partial charge in [-0.1, -0.05) is 168 Å². The third-order valence-electron chi connectivity index (χ3n) is 18.3. The molecule has 5 heteroatoms. The fourth-order valence-electron chi connectivity index (χ4n) is 14.5. The molecule has 374 valence electrons. The molecule has 0 saturated heterocycles. The first-order valence-corrected chi connectivity index (χ1v) is 28.7. The van der Waals surface area contributed by atoms with E-state index in [1.165, 1.54) is 127 Å². The molecule has 14 rings (SSSR count). The average Bonchev–Trinajstić information content (AvgIpc) is 3.81. The second-order valence-corrected chi connectivity index (χ2v) is 28.7. The Morgan fingerprint density at radius 1 is 0.446 bits per heavy atom. The number of thiazole rings is 1. The third kappa shape index (κ3) is 7.92. The lowest BCUT2D eigenvalue weighted by Crippen LogP contribution is -2.61. The molecule has 0 N–H and O–H groups in total. The third-order valence-corrected chi connectivity index (χ3v) is 19.4. The van der Waals surface area contributed by atoms with Crippen molar-refractivity contribution in [2.75, 3.05) is 9.80 Å². The van der Waals surface area contributed by atoms with Gasteiger partial charge in [0.25, 0.3) is 6.71 Å². The van der Waals surface area contributed by atoms with E-state index in [9.17, 15) is 0 Å². The Morgan fingerprint density at radius 3 is 1.35 bits per heavy atom. The largest absolute Gasteiger partial charge is 0.311 e. The Balaban J connectivity index is 1.05. The highest BCUT2D eigenvalue weighted by molar-refractivity contribution is 7.21. The van der Waals surface area contributed by atoms with Crippen LogP contribution >= 0.6 is 11.3 Å². The molecule has 0 unspecified atom stereocenters. The fraction of sp³-hybridized carbons (Fsp3) is 0.377. The molecule has 7 aromatic carbocycles. The van der Waals surface area contributed by atoms with Crippen LogP contribution in [-0.2, 0) is 27.1 Å². The molecule has 0 spiro atoms. The van der Waals surface area contributed by atoms with Crippen LogP contribution in [0.4, 0.5) is 34.1 Å². The zero-order chi connectivity index (χ0) is 51.4. The van der Waals surface area contributed by atoms with Crippen LogP contribution in [0.2, 0.25) is 0 Å². The predicted molar refractivity (Wildman–Crippen MR) is 319 cm³/mol. The number of nitrogens with zero attached hydrogens (tertiary/aromatic N) is 3. The van der Waals surface area contributed by atoms with E-state index in [1.807, 2.05) is 11.3 Å². The molecule has 3 heterocycles. The van der Waals surface area contributed by atoms with Crippen molar-refractivity contribution in [3.63, 3.8) is 0 Å². The van der Waals surface area contributed by atoms with Crippen LogP contribution in [0.25, 0.3) is 31.9 Å². The summed E-state index contributed by atoms with van der Waals surface area (Å²) >= 11 is 1.83. The van der Waals surface area contributed by atoms with Crippen LogP contribution in [0.15, 0.2) is 140 Å². The van der Waals surface area contributed by atoms with E-state index < -0.39 is 0 Å². The van der Waals surface area contributed by atoms with Gasteiger partial charge >= 0.3 is 0 Å². The van der Waals surface area contributed by atoms with E-state index in [1.54, 1.807) is 5.56 Å². The van der Waals surface area contributed by atoms with Gasteiger partial charge in [-0.05, 0) is 193 Å². The molecule has 6 aliphatic rings. The van der Waals surface area contributed by atoms with Gasteiger partial charge in [0.05, 0.1) is 10.2 Å². The summed E-state index contributed by atoms with van der Waals surface area (Å²) in [5.41, 5.74) is 23.8. The second-order valence-electron chi connectivity index (χ2n) is 27.6. The maximum atomic E-state index is 5.55. The van der Waals surface area contributed by atoms with Gasteiger partial charge in [-0.15, -0.1) is 11.3 Å². The normalized spacial score (nSPS) is 21.0. The first-order chi connectivity index (χ1) is 35.1. The van der Waals surface area contributed by atoms with E-state index >= 15 is 0 Å². The average molecular weight is 988 g/mol. The molecular formula is C69H74BN3S. The van der Waals surface area contributed by atoms with Crippen molar-refractivity contribution in [3.05, 3.63) is 167 Å². The minimum absolute atomic E-state index is 0.00594. The zero-order valence-electron chi connectivity index (χ0n) is 46.1. The van der Waals surface area contributed by atoms with Gasteiger partial charge in [-0.3, -0.25) is 0 Å². The van der Waals surface area contributed by atoms with Gasteiger partial charge < -0.3 is 9.80 Å². The fourth-order valence-corrected chi connectivity index (χ4v) is 15.5. The number of benzene rings is 7. The van der Waals surface area contributed by atoms with Crippen molar-refractivity contribution in [3.8, 4) is 21.7 Å². The van der Waals surface area contributed by atoms with Crippen LogP contribution in [0.1, 0.15) is 149 Å². The molecule has 4 fully saturated rings. The zero-order valence-corrected chi connectivity index (χ0v) is 46.9. The topological polar surface area (TPSA) is 19.4 Å². The molecule has 2 aliphatic heterocycles. The second kappa shape index (κ2) is 16.5. The molecule has 4 bridgehead atoms. The Hall–Kier alpha value is -5.91. The summed E-state index contributed by atoms with van der Waals surface area (Å²) in [7, 11) is 0. The van der Waals surface area contributed by atoms with Crippen LogP contribution < -0.4 is 26.2 Å². The summed E-state index contributed by atoms with van der Waals surface area (Å²) in [6, 6.07) is 55.2. The Kier molecular flexibility index (Phi) is 10.7. The van der Waals surface area contributed by atoms with Crippen molar-refractivity contribution in [1.29, 1.82) is 0 Å². The highest BCUT2D eigenvalue weighted by Gasteiger charge is 2.53. The lowest BCUT2D eigenvalue weighted by atomic mass is 9.33. The van der Waals surface area contributed by atoms with Gasteiger partial charge in [-0.2, -0.15) is 0 Å². The molecule has 0 atom stereocenters. The highest BCUT2D eigenvalue weighted by Crippen LogP contribution is 2.62. The van der Waals surface area contributed by atoms with Crippen molar-refractivity contribution in [1.82, 2.24) is 4.98 Å². The number of anilines is 6. The quantitative estimate of drug-likeness (QED) is 0.160. The standard InChI is InChI=1S/C69H74BN3S/c1-65(2,3)48-19-17-46(18-20-48)45-13-15-47(16-14-45)64-71-57-37-56-59(38-62(57)74-64)73(54-28-23-50(24-29-54)67(7,8)9)61-36-52(69-39-42-31-43(40-69)33-44(32-42)41-69)35-60-63(61)70(56)55-34-51(68(10,11)12)25-30-58(55)72(60)53-26-21-49(22-27-53)66(4,5)6/h13-30,34-38,42-44H,31-33,39-41H2,1-12H3. The van der Waals surface area contributed by atoms with Crippen LogP contribution in [0.5, 0.6) is 0 Å². The van der Waals surface area contributed by atoms with E-state index in [0.29, 0.717) is 0 Å². The van der Waals surface area contributed by atoms with E-state index in [4.69, 9.17) is 4.98 Å². The SMILES string of the molecule is CC(C)(C)c1ccc(-c2ccc(-c3nc4cc5c(cc4s3)N(c3ccc(C(C)(C)C)cc3)c3cc(C46CC7CC(CC(C7)C4)C6)cc4c3B5c3cc(C(C)(C)C)ccc3N4c3ccc(C(C)(C)C)cc3)cc2)cc1. The molecule has 0 amide bonds. The summed E-state index contributed by atoms with van der Waals surface area (Å²) in [5.74, 6) is 2.52. The van der Waals surface area contributed by atoms with E-state index in [0.717, 1.165) is 33.8 Å². The number of hydrogen-bond donors (Lipinski definition) is 0. The predicted octanol–water partition coefficient (Wildman–Crippen LogP) is 17.4. The molecule has 1 aromatic heterocycles. The summed E-state index contributed by atoms with van der Waals surface area (Å²) < 4.78 is 1.22. The monoisotopic (exact) mass is 988 g/mol. The van der Waals surface area contributed by atoms with Gasteiger partial charge in [0, 0.05) is 39.7 Å². The van der Waals surface area contributed by atoms with Gasteiger partial charge in [0.15, 0.2) is 0 Å². The van der Waals surface area contributed by atoms with Crippen molar-refractivity contribution < 1.29 is 0 Å². The highest BCUT2D eigenvalue weighted by atomic mass is 32.1. The van der Waals surface area contributed by atoms with Crippen LogP contribution in [-0.4, -0.2) is 11.7 Å². The molecule has 3 nitrogen and oxygen atoms in total. The number of aromatic nitrogens is 1. The first kappa shape index (κ1) is 47.8. The molecular weight excluding hydrogens is 914 g/mol. The summed E-state index contributed by atoms with van der Waals surface area (Å²) in [6.45, 7) is 27.9. The van der Waals surface area contributed by atoms with Crippen molar-refractivity contribution in [2.24, 2.45) is 17.8 Å². The maximum Gasteiger partial charge on any atom is 0.252 e. The van der Waals surface area contributed by atoms with Crippen LogP contribution in [0.3, 0.4) is 0 Å². The number of fused-ring (bicyclic) bond motifs is 5. The summed E-state index contributed by atoms with van der Waals surface area (Å²) in [4.78, 5) is 10.9. The van der Waals surface area contributed by atoms with Crippen molar-refractivity contribution >= 4 is 78.8 Å². The molecule has 0 radical (unpaired) electrons. The van der Waals surface area contributed by atoms with E-state index in [-0.39, 0.29) is 33.8 Å². The summed E-state index contributed by atoms with van der Waals surface area (Å²) in [5, 5.41) is 1.06. The molecule has 4 aliphatic carbocycles. The Bertz CT molecular complexity index is 3460. The van der Waals surface area contributed by atoms with Gasteiger partial charge in [0.1, 0.15) is 5.01 Å². The minimum atomic E-state index is -0.0305. The van der Waals surface area contributed by atoms with Crippen LogP contribution in [0, 0.1) is 17.8 Å². The molecule has 4 saturated carbocycles. The number of rotatable bonds is 5. The lowest BCUT2D eigenvalue weighted by molar-refractivity contribution is -0.00514. The summed E-state index contributed by atoms with van der Waals surface area (Å²) in [6.07, 6.45) is 8.24.